The first-order valence-electron chi connectivity index (χ1n) is 7.55. The largest absolute Gasteiger partial charge is 0.465 e. The topological polar surface area (TPSA) is 31.2 Å². The first-order valence-corrected chi connectivity index (χ1v) is 7.55. The van der Waals surface area contributed by atoms with Gasteiger partial charge in [0.25, 0.3) is 0 Å². The molecule has 0 N–H and O–H groups in total. The van der Waals surface area contributed by atoms with Crippen molar-refractivity contribution >= 4 is 16.9 Å². The molecular weight excluding hydrogens is 269 g/mol. The molecule has 1 atom stereocenters. The van der Waals surface area contributed by atoms with Crippen LogP contribution in [0.1, 0.15) is 31.5 Å². The molecule has 0 aliphatic heterocycles. The Labute approximate surface area is 123 Å². The number of halogens is 1. The Morgan fingerprint density at radius 2 is 2.29 bits per heavy atom. The summed E-state index contributed by atoms with van der Waals surface area (Å²) in [7, 11) is 0. The summed E-state index contributed by atoms with van der Waals surface area (Å²) in [4.78, 5) is 11.9. The number of hydrogen-bond acceptors (Lipinski definition) is 2. The second-order valence-electron chi connectivity index (χ2n) is 5.83. The third kappa shape index (κ3) is 2.55. The van der Waals surface area contributed by atoms with E-state index in [0.29, 0.717) is 12.5 Å². The zero-order chi connectivity index (χ0) is 15.0. The summed E-state index contributed by atoms with van der Waals surface area (Å²) in [5, 5.41) is 0.945. The maximum atomic E-state index is 13.6. The van der Waals surface area contributed by atoms with E-state index in [1.54, 1.807) is 19.1 Å². The van der Waals surface area contributed by atoms with E-state index in [-0.39, 0.29) is 18.3 Å². The van der Waals surface area contributed by atoms with Gasteiger partial charge in [-0.05, 0) is 55.9 Å². The minimum atomic E-state index is -0.236. The smallest absolute Gasteiger partial charge is 0.325 e. The quantitative estimate of drug-likeness (QED) is 0.810. The number of carbonyl (C=O) groups is 1. The van der Waals surface area contributed by atoms with E-state index < -0.39 is 0 Å². The predicted molar refractivity (Wildman–Crippen MR) is 79.7 cm³/mol. The molecule has 1 aliphatic rings. The molecule has 3 rings (SSSR count). The number of rotatable bonds is 3. The third-order valence-electron chi connectivity index (χ3n) is 4.27. The lowest BCUT2D eigenvalue weighted by atomic mass is 9.87. The van der Waals surface area contributed by atoms with Crippen LogP contribution in [0.15, 0.2) is 18.2 Å². The highest BCUT2D eigenvalue weighted by molar-refractivity contribution is 5.87. The zero-order valence-electron chi connectivity index (χ0n) is 12.5. The maximum absolute atomic E-state index is 13.6. The van der Waals surface area contributed by atoms with E-state index in [1.165, 1.54) is 17.3 Å². The predicted octanol–water partition coefficient (Wildman–Crippen LogP) is 3.47. The van der Waals surface area contributed by atoms with Crippen LogP contribution in [0.3, 0.4) is 0 Å². The molecule has 112 valence electrons. The number of fused-ring (bicyclic) bond motifs is 3. The Bertz CT molecular complexity index is 690. The molecule has 3 nitrogen and oxygen atoms in total. The standard InChI is InChI=1S/C17H20FNO2/c1-3-21-17(20)10-19-15-6-4-11(2)8-13(15)14-9-12(18)5-7-16(14)19/h5,7,9,11H,3-4,6,8,10H2,1-2H3/t11-/m1/s1. The van der Waals surface area contributed by atoms with Crippen molar-refractivity contribution in [1.29, 1.82) is 0 Å². The molecule has 0 saturated carbocycles. The van der Waals surface area contributed by atoms with Crippen molar-refractivity contribution < 1.29 is 13.9 Å². The lowest BCUT2D eigenvalue weighted by molar-refractivity contribution is -0.143. The molecule has 0 fully saturated rings. The van der Waals surface area contributed by atoms with E-state index in [0.717, 1.165) is 30.2 Å². The van der Waals surface area contributed by atoms with Crippen molar-refractivity contribution in [2.75, 3.05) is 6.61 Å². The molecule has 1 aliphatic carbocycles. The van der Waals surface area contributed by atoms with Gasteiger partial charge in [0.15, 0.2) is 0 Å². The maximum Gasteiger partial charge on any atom is 0.325 e. The van der Waals surface area contributed by atoms with Gasteiger partial charge < -0.3 is 9.30 Å². The van der Waals surface area contributed by atoms with E-state index in [2.05, 4.69) is 6.92 Å². The van der Waals surface area contributed by atoms with Gasteiger partial charge in [-0.1, -0.05) is 6.92 Å². The van der Waals surface area contributed by atoms with E-state index in [1.807, 2.05) is 4.57 Å². The number of esters is 1. The van der Waals surface area contributed by atoms with Gasteiger partial charge in [-0.15, -0.1) is 0 Å². The van der Waals surface area contributed by atoms with Gasteiger partial charge in [0.05, 0.1) is 6.61 Å². The molecule has 0 bridgehead atoms. The fraction of sp³-hybridized carbons (Fsp3) is 0.471. The van der Waals surface area contributed by atoms with E-state index >= 15 is 0 Å². The SMILES string of the molecule is CCOC(=O)Cn1c2c(c3cc(F)ccc31)C[C@H](C)CC2. The Morgan fingerprint density at radius 3 is 3.05 bits per heavy atom. The van der Waals surface area contributed by atoms with Crippen LogP contribution in [-0.4, -0.2) is 17.1 Å². The average molecular weight is 289 g/mol. The zero-order valence-corrected chi connectivity index (χ0v) is 12.5. The van der Waals surface area contributed by atoms with Gasteiger partial charge in [-0.2, -0.15) is 0 Å². The third-order valence-corrected chi connectivity index (χ3v) is 4.27. The Hall–Kier alpha value is -1.84. The molecule has 0 spiro atoms. The van der Waals surface area contributed by atoms with Crippen molar-refractivity contribution in [3.63, 3.8) is 0 Å². The summed E-state index contributed by atoms with van der Waals surface area (Å²) >= 11 is 0. The molecule has 0 radical (unpaired) electrons. The second-order valence-corrected chi connectivity index (χ2v) is 5.83. The summed E-state index contributed by atoms with van der Waals surface area (Å²) in [5.74, 6) is 0.138. The summed E-state index contributed by atoms with van der Waals surface area (Å²) < 4.78 is 20.7. The molecule has 0 amide bonds. The summed E-state index contributed by atoms with van der Waals surface area (Å²) in [5.41, 5.74) is 3.30. The Kier molecular flexibility index (Phi) is 3.70. The van der Waals surface area contributed by atoms with Gasteiger partial charge in [-0.25, -0.2) is 4.39 Å². The molecule has 21 heavy (non-hydrogen) atoms. The number of hydrogen-bond donors (Lipinski definition) is 0. The van der Waals surface area contributed by atoms with Crippen molar-refractivity contribution in [2.45, 2.75) is 39.7 Å². The van der Waals surface area contributed by atoms with Crippen LogP contribution in [0.25, 0.3) is 10.9 Å². The van der Waals surface area contributed by atoms with Gasteiger partial charge in [-0.3, -0.25) is 4.79 Å². The number of nitrogens with zero attached hydrogens (tertiary/aromatic N) is 1. The Morgan fingerprint density at radius 1 is 1.48 bits per heavy atom. The van der Waals surface area contributed by atoms with Crippen LogP contribution in [0.5, 0.6) is 0 Å². The van der Waals surface area contributed by atoms with E-state index in [9.17, 15) is 9.18 Å². The molecule has 1 heterocycles. The fourth-order valence-electron chi connectivity index (χ4n) is 3.31. The number of benzene rings is 1. The Balaban J connectivity index is 2.12. The average Bonchev–Trinajstić information content (AvgIpc) is 2.72. The van der Waals surface area contributed by atoms with Gasteiger partial charge in [0, 0.05) is 16.6 Å². The van der Waals surface area contributed by atoms with Crippen LogP contribution in [-0.2, 0) is 28.9 Å². The van der Waals surface area contributed by atoms with Crippen molar-refractivity contribution in [3.05, 3.63) is 35.3 Å². The molecule has 2 aromatic rings. The highest BCUT2D eigenvalue weighted by Crippen LogP contribution is 2.34. The van der Waals surface area contributed by atoms with Crippen molar-refractivity contribution in [1.82, 2.24) is 4.57 Å². The van der Waals surface area contributed by atoms with Crippen LogP contribution in [0.4, 0.5) is 4.39 Å². The summed E-state index contributed by atoms with van der Waals surface area (Å²) in [6.45, 7) is 4.61. The number of aromatic nitrogens is 1. The second kappa shape index (κ2) is 5.51. The molecule has 0 unspecified atom stereocenters. The molecule has 0 saturated heterocycles. The van der Waals surface area contributed by atoms with Gasteiger partial charge in [0.2, 0.25) is 0 Å². The monoisotopic (exact) mass is 289 g/mol. The molecule has 1 aromatic carbocycles. The molecule has 4 heteroatoms. The fourth-order valence-corrected chi connectivity index (χ4v) is 3.31. The van der Waals surface area contributed by atoms with Crippen molar-refractivity contribution in [2.24, 2.45) is 5.92 Å². The molecular formula is C17H20FNO2. The highest BCUT2D eigenvalue weighted by atomic mass is 19.1. The normalized spacial score (nSPS) is 17.8. The van der Waals surface area contributed by atoms with Crippen LogP contribution in [0, 0.1) is 11.7 Å². The van der Waals surface area contributed by atoms with Crippen LogP contribution in [0.2, 0.25) is 0 Å². The minimum Gasteiger partial charge on any atom is -0.465 e. The van der Waals surface area contributed by atoms with Crippen LogP contribution >= 0.6 is 0 Å². The number of carbonyl (C=O) groups excluding carboxylic acids is 1. The van der Waals surface area contributed by atoms with Crippen LogP contribution < -0.4 is 0 Å². The summed E-state index contributed by atoms with van der Waals surface area (Å²) in [6.07, 6.45) is 2.99. The van der Waals surface area contributed by atoms with E-state index in [4.69, 9.17) is 4.74 Å². The van der Waals surface area contributed by atoms with Gasteiger partial charge >= 0.3 is 5.97 Å². The summed E-state index contributed by atoms with van der Waals surface area (Å²) in [6, 6.07) is 4.82. The lowest BCUT2D eigenvalue weighted by Gasteiger charge is -2.20. The molecule has 1 aromatic heterocycles. The number of ether oxygens (including phenoxy) is 1. The first kappa shape index (κ1) is 14.1. The van der Waals surface area contributed by atoms with Gasteiger partial charge in [0.1, 0.15) is 12.4 Å². The highest BCUT2D eigenvalue weighted by Gasteiger charge is 2.24. The first-order chi connectivity index (χ1) is 10.1. The lowest BCUT2D eigenvalue weighted by Crippen LogP contribution is -2.18. The minimum absolute atomic E-state index is 0.208. The van der Waals surface area contributed by atoms with Crippen molar-refractivity contribution in [3.8, 4) is 0 Å².